The minimum absolute atomic E-state index is 0.0577. The summed E-state index contributed by atoms with van der Waals surface area (Å²) in [6.07, 6.45) is 3.79. The number of carbonyl (C=O) groups is 2. The van der Waals surface area contributed by atoms with Gasteiger partial charge in [-0.25, -0.2) is 4.98 Å². The molecule has 1 aromatic heterocycles. The number of nitrogens with zero attached hydrogens (tertiary/aromatic N) is 2. The molecule has 1 saturated heterocycles. The number of ketones is 1. The number of hydrogen-bond donors (Lipinski definition) is 0. The van der Waals surface area contributed by atoms with E-state index in [4.69, 9.17) is 0 Å². The van der Waals surface area contributed by atoms with Crippen LogP contribution in [0, 0.1) is 5.41 Å². The maximum absolute atomic E-state index is 12.2. The molecule has 0 atom stereocenters. The highest BCUT2D eigenvalue weighted by atomic mass is 32.2. The second-order valence-electron chi connectivity index (χ2n) is 6.35. The van der Waals surface area contributed by atoms with Crippen molar-refractivity contribution >= 4 is 23.5 Å². The number of hydrogen-bond acceptors (Lipinski definition) is 4. The molecule has 21 heavy (non-hydrogen) atoms. The molecule has 1 aliphatic rings. The Bertz CT molecular complexity index is 514. The van der Waals surface area contributed by atoms with Crippen LogP contribution in [0.25, 0.3) is 0 Å². The number of likely N-dealkylation sites (tertiary alicyclic amines) is 1. The first-order valence-electron chi connectivity index (χ1n) is 7.29. The third-order valence-corrected chi connectivity index (χ3v) is 4.51. The fraction of sp³-hybridized carbons (Fsp3) is 0.562. The van der Waals surface area contributed by atoms with Crippen LogP contribution in [0.3, 0.4) is 0 Å². The molecule has 0 spiro atoms. The Kier molecular flexibility index (Phi) is 5.04. The maximum Gasteiger partial charge on any atom is 0.255 e. The van der Waals surface area contributed by atoms with Crippen LogP contribution >= 0.6 is 11.8 Å². The second kappa shape index (κ2) is 6.60. The first-order valence-corrected chi connectivity index (χ1v) is 8.28. The number of Topliss-reactive ketones (excluding diaryl/α,β-unsaturated/α-hetero) is 1. The summed E-state index contributed by atoms with van der Waals surface area (Å²) in [4.78, 5) is 30.2. The first kappa shape index (κ1) is 16.0. The molecule has 114 valence electrons. The summed E-state index contributed by atoms with van der Waals surface area (Å²) in [5.74, 6) is 0.671. The van der Waals surface area contributed by atoms with Gasteiger partial charge >= 0.3 is 0 Å². The average molecular weight is 306 g/mol. The summed E-state index contributed by atoms with van der Waals surface area (Å²) in [7, 11) is 0. The highest BCUT2D eigenvalue weighted by Crippen LogP contribution is 2.22. The molecular formula is C16H22N2O2S. The lowest BCUT2D eigenvalue weighted by molar-refractivity contribution is -0.123. The second-order valence-corrected chi connectivity index (χ2v) is 7.34. The van der Waals surface area contributed by atoms with Gasteiger partial charge in [0, 0.05) is 24.7 Å². The van der Waals surface area contributed by atoms with E-state index >= 15 is 0 Å². The molecule has 5 heteroatoms. The minimum Gasteiger partial charge on any atom is -0.339 e. The lowest BCUT2D eigenvalue weighted by Crippen LogP contribution is -2.27. The molecule has 1 aliphatic heterocycles. The number of thioether (sulfide) groups is 1. The van der Waals surface area contributed by atoms with Crippen LogP contribution in [-0.4, -0.2) is 40.4 Å². The van der Waals surface area contributed by atoms with E-state index in [0.29, 0.717) is 11.3 Å². The molecule has 0 bridgehead atoms. The predicted octanol–water partition coefficient (Wildman–Crippen LogP) is 3.02. The fourth-order valence-electron chi connectivity index (χ4n) is 2.05. The Morgan fingerprint density at radius 1 is 1.24 bits per heavy atom. The van der Waals surface area contributed by atoms with Gasteiger partial charge in [-0.2, -0.15) is 0 Å². The van der Waals surface area contributed by atoms with E-state index in [0.717, 1.165) is 31.0 Å². The van der Waals surface area contributed by atoms with Crippen molar-refractivity contribution in [1.82, 2.24) is 9.88 Å². The van der Waals surface area contributed by atoms with Gasteiger partial charge in [-0.15, -0.1) is 0 Å². The van der Waals surface area contributed by atoms with Gasteiger partial charge in [-0.1, -0.05) is 32.5 Å². The van der Waals surface area contributed by atoms with Crippen molar-refractivity contribution in [3.05, 3.63) is 23.9 Å². The largest absolute Gasteiger partial charge is 0.339 e. The van der Waals surface area contributed by atoms with Gasteiger partial charge in [0.1, 0.15) is 5.78 Å². The van der Waals surface area contributed by atoms with Gasteiger partial charge < -0.3 is 4.90 Å². The van der Waals surface area contributed by atoms with Gasteiger partial charge in [-0.3, -0.25) is 9.59 Å². The highest BCUT2D eigenvalue weighted by molar-refractivity contribution is 7.99. The standard InChI is InChI=1S/C16H22N2O2S/c1-16(2,3)13(19)11-21-14-7-6-12(10-17-14)15(20)18-8-4-5-9-18/h6-7,10H,4-5,8-9,11H2,1-3H3. The maximum atomic E-state index is 12.2. The van der Waals surface area contributed by atoms with Crippen LogP contribution in [0.4, 0.5) is 0 Å². The summed E-state index contributed by atoms with van der Waals surface area (Å²) in [6, 6.07) is 3.63. The summed E-state index contributed by atoms with van der Waals surface area (Å²) in [6.45, 7) is 7.44. The molecule has 4 nitrogen and oxygen atoms in total. The average Bonchev–Trinajstić information content (AvgIpc) is 2.97. The Balaban J connectivity index is 1.93. The number of carbonyl (C=O) groups excluding carboxylic acids is 2. The highest BCUT2D eigenvalue weighted by Gasteiger charge is 2.22. The molecule has 2 heterocycles. The smallest absolute Gasteiger partial charge is 0.255 e. The van der Waals surface area contributed by atoms with Crippen molar-refractivity contribution in [2.24, 2.45) is 5.41 Å². The molecular weight excluding hydrogens is 284 g/mol. The Labute approximate surface area is 130 Å². The lowest BCUT2D eigenvalue weighted by atomic mass is 9.92. The molecule has 0 aliphatic carbocycles. The van der Waals surface area contributed by atoms with E-state index in [-0.39, 0.29) is 17.1 Å². The molecule has 0 unspecified atom stereocenters. The zero-order valence-electron chi connectivity index (χ0n) is 12.9. The van der Waals surface area contributed by atoms with Crippen molar-refractivity contribution < 1.29 is 9.59 Å². The minimum atomic E-state index is -0.321. The summed E-state index contributed by atoms with van der Waals surface area (Å²) in [5, 5.41) is 0.783. The normalized spacial score (nSPS) is 15.3. The zero-order chi connectivity index (χ0) is 15.5. The predicted molar refractivity (Wildman–Crippen MR) is 84.6 cm³/mol. The number of amides is 1. The van der Waals surface area contributed by atoms with Gasteiger partial charge in [0.15, 0.2) is 0 Å². The third-order valence-electron chi connectivity index (χ3n) is 3.56. The molecule has 2 rings (SSSR count). The van der Waals surface area contributed by atoms with Crippen LogP contribution in [0.2, 0.25) is 0 Å². The van der Waals surface area contributed by atoms with Crippen LogP contribution in [0.15, 0.2) is 23.4 Å². The number of pyridine rings is 1. The monoisotopic (exact) mass is 306 g/mol. The van der Waals surface area contributed by atoms with Gasteiger partial charge in [-0.05, 0) is 25.0 Å². The fourth-order valence-corrected chi connectivity index (χ4v) is 3.05. The van der Waals surface area contributed by atoms with Crippen molar-refractivity contribution in [3.8, 4) is 0 Å². The van der Waals surface area contributed by atoms with Crippen LogP contribution in [0.5, 0.6) is 0 Å². The molecule has 1 amide bonds. The third kappa shape index (κ3) is 4.30. The van der Waals surface area contributed by atoms with Gasteiger partial charge in [0.05, 0.1) is 16.3 Å². The van der Waals surface area contributed by atoms with Crippen molar-refractivity contribution in [2.45, 2.75) is 38.6 Å². The van der Waals surface area contributed by atoms with E-state index in [1.54, 1.807) is 12.3 Å². The van der Waals surface area contributed by atoms with Crippen LogP contribution < -0.4 is 0 Å². The van der Waals surface area contributed by atoms with E-state index in [1.807, 2.05) is 31.7 Å². The zero-order valence-corrected chi connectivity index (χ0v) is 13.7. The van der Waals surface area contributed by atoms with Crippen molar-refractivity contribution in [2.75, 3.05) is 18.8 Å². The quantitative estimate of drug-likeness (QED) is 0.802. The Morgan fingerprint density at radius 3 is 2.43 bits per heavy atom. The van der Waals surface area contributed by atoms with Crippen LogP contribution in [0.1, 0.15) is 44.0 Å². The van der Waals surface area contributed by atoms with Crippen LogP contribution in [-0.2, 0) is 4.79 Å². The van der Waals surface area contributed by atoms with Gasteiger partial charge in [0.25, 0.3) is 5.91 Å². The lowest BCUT2D eigenvalue weighted by Gasteiger charge is -2.16. The van der Waals surface area contributed by atoms with E-state index in [1.165, 1.54) is 11.8 Å². The number of rotatable bonds is 4. The van der Waals surface area contributed by atoms with E-state index in [9.17, 15) is 9.59 Å². The molecule has 0 radical (unpaired) electrons. The van der Waals surface area contributed by atoms with Gasteiger partial charge in [0.2, 0.25) is 0 Å². The Morgan fingerprint density at radius 2 is 1.90 bits per heavy atom. The molecule has 1 fully saturated rings. The molecule has 0 N–H and O–H groups in total. The molecule has 0 aromatic carbocycles. The molecule has 1 aromatic rings. The van der Waals surface area contributed by atoms with Crippen molar-refractivity contribution in [3.63, 3.8) is 0 Å². The van der Waals surface area contributed by atoms with E-state index in [2.05, 4.69) is 4.98 Å². The summed E-state index contributed by atoms with van der Waals surface area (Å²) >= 11 is 1.42. The Hall–Kier alpha value is -1.36. The number of aromatic nitrogens is 1. The molecule has 0 saturated carbocycles. The summed E-state index contributed by atoms with van der Waals surface area (Å²) < 4.78 is 0. The van der Waals surface area contributed by atoms with E-state index < -0.39 is 0 Å². The SMILES string of the molecule is CC(C)(C)C(=O)CSc1ccc(C(=O)N2CCCC2)cn1. The van der Waals surface area contributed by atoms with Crippen molar-refractivity contribution in [1.29, 1.82) is 0 Å². The summed E-state index contributed by atoms with van der Waals surface area (Å²) in [5.41, 5.74) is 0.307. The topological polar surface area (TPSA) is 50.3 Å². The first-order chi connectivity index (χ1) is 9.88.